The van der Waals surface area contributed by atoms with Crippen LogP contribution in [-0.2, 0) is 4.79 Å². The van der Waals surface area contributed by atoms with Gasteiger partial charge in [0.05, 0.1) is 18.1 Å². The third kappa shape index (κ3) is 3.65. The van der Waals surface area contributed by atoms with Gasteiger partial charge in [-0.2, -0.15) is 0 Å². The van der Waals surface area contributed by atoms with Crippen LogP contribution in [0.3, 0.4) is 0 Å². The Morgan fingerprint density at radius 3 is 2.47 bits per heavy atom. The van der Waals surface area contributed by atoms with Gasteiger partial charge in [0.25, 0.3) is 5.69 Å². The number of nitrogens with zero attached hydrogens (tertiary/aromatic N) is 1. The third-order valence-electron chi connectivity index (χ3n) is 2.56. The van der Waals surface area contributed by atoms with Crippen molar-refractivity contribution in [3.8, 4) is 11.5 Å². The second-order valence-electron chi connectivity index (χ2n) is 4.28. The molecule has 7 nitrogen and oxygen atoms in total. The number of nitro benzene ring substituents is 1. The van der Waals surface area contributed by atoms with Crippen molar-refractivity contribution < 1.29 is 19.2 Å². The third-order valence-corrected chi connectivity index (χ3v) is 2.56. The minimum atomic E-state index is -0.764. The summed E-state index contributed by atoms with van der Waals surface area (Å²) < 4.78 is 10.0. The average Bonchev–Trinajstić information content (AvgIpc) is 2.37. The summed E-state index contributed by atoms with van der Waals surface area (Å²) in [6.07, 6.45) is 0. The van der Waals surface area contributed by atoms with Crippen LogP contribution in [0, 0.1) is 16.0 Å². The van der Waals surface area contributed by atoms with Gasteiger partial charge < -0.3 is 15.2 Å². The quantitative estimate of drug-likeness (QED) is 0.375. The van der Waals surface area contributed by atoms with Crippen LogP contribution in [0.1, 0.15) is 13.8 Å². The zero-order chi connectivity index (χ0) is 14.6. The molecule has 2 N–H and O–H groups in total. The molecule has 0 saturated carbocycles. The number of ether oxygens (including phenoxy) is 2. The zero-order valence-electron chi connectivity index (χ0n) is 11.0. The lowest BCUT2D eigenvalue weighted by Crippen LogP contribution is -2.38. The Hall–Kier alpha value is -2.15. The van der Waals surface area contributed by atoms with Crippen molar-refractivity contribution in [1.82, 2.24) is 0 Å². The summed E-state index contributed by atoms with van der Waals surface area (Å²) in [6, 6.07) is 2.96. The minimum absolute atomic E-state index is 0.0726. The fraction of sp³-hybridized carbons (Fsp3) is 0.417. The lowest BCUT2D eigenvalue weighted by molar-refractivity contribution is -0.384. The molecule has 0 aliphatic carbocycles. The predicted octanol–water partition coefficient (Wildman–Crippen LogP) is 1.49. The molecular formula is C12H16N2O5. The maximum absolute atomic E-state index is 11.7. The van der Waals surface area contributed by atoms with E-state index in [0.717, 1.165) is 0 Å². The van der Waals surface area contributed by atoms with E-state index in [4.69, 9.17) is 15.2 Å². The van der Waals surface area contributed by atoms with Gasteiger partial charge in [0.1, 0.15) is 6.04 Å². The highest BCUT2D eigenvalue weighted by molar-refractivity contribution is 5.79. The highest BCUT2D eigenvalue weighted by Gasteiger charge is 2.22. The first-order valence-corrected chi connectivity index (χ1v) is 5.66. The summed E-state index contributed by atoms with van der Waals surface area (Å²) in [5.41, 5.74) is 5.51. The normalized spacial score (nSPS) is 12.1. The Labute approximate surface area is 110 Å². The second kappa shape index (κ2) is 6.14. The largest absolute Gasteiger partial charge is 0.493 e. The molecule has 0 spiro atoms. The van der Waals surface area contributed by atoms with Crippen LogP contribution in [0.25, 0.3) is 0 Å². The molecule has 0 radical (unpaired) electrons. The molecule has 0 aromatic heterocycles. The maximum atomic E-state index is 11.7. The van der Waals surface area contributed by atoms with Crippen molar-refractivity contribution in [3.63, 3.8) is 0 Å². The van der Waals surface area contributed by atoms with Gasteiger partial charge in [0.2, 0.25) is 0 Å². The molecule has 0 amide bonds. The Kier molecular flexibility index (Phi) is 4.82. The highest BCUT2D eigenvalue weighted by Crippen LogP contribution is 2.31. The molecule has 0 aliphatic heterocycles. The first-order valence-electron chi connectivity index (χ1n) is 5.66. The molecule has 7 heteroatoms. The van der Waals surface area contributed by atoms with E-state index in [1.165, 1.54) is 25.3 Å². The van der Waals surface area contributed by atoms with E-state index < -0.39 is 16.9 Å². The van der Waals surface area contributed by atoms with E-state index in [1.54, 1.807) is 13.8 Å². The average molecular weight is 268 g/mol. The molecule has 0 fully saturated rings. The molecule has 0 aliphatic rings. The van der Waals surface area contributed by atoms with Crippen LogP contribution in [0.2, 0.25) is 0 Å². The van der Waals surface area contributed by atoms with Gasteiger partial charge >= 0.3 is 5.97 Å². The zero-order valence-corrected chi connectivity index (χ0v) is 11.0. The Morgan fingerprint density at radius 2 is 2.00 bits per heavy atom. The lowest BCUT2D eigenvalue weighted by atomic mass is 10.1. The van der Waals surface area contributed by atoms with Crippen molar-refractivity contribution in [1.29, 1.82) is 0 Å². The SMILES string of the molecule is COc1cc([N+](=O)[O-])ccc1OC(=O)[C@@H](N)C(C)C. The number of carbonyl (C=O) groups is 1. The van der Waals surface area contributed by atoms with Gasteiger partial charge in [-0.05, 0) is 12.0 Å². The molecule has 1 aromatic rings. The van der Waals surface area contributed by atoms with Crippen LogP contribution >= 0.6 is 0 Å². The Bertz CT molecular complexity index is 487. The second-order valence-corrected chi connectivity index (χ2v) is 4.28. The van der Waals surface area contributed by atoms with Crippen LogP contribution in [0.15, 0.2) is 18.2 Å². The molecule has 19 heavy (non-hydrogen) atoms. The summed E-state index contributed by atoms with van der Waals surface area (Å²) in [5.74, 6) is -0.466. The molecule has 0 bridgehead atoms. The van der Waals surface area contributed by atoms with Gasteiger partial charge in [-0.1, -0.05) is 13.8 Å². The summed E-state index contributed by atoms with van der Waals surface area (Å²) in [5, 5.41) is 10.6. The van der Waals surface area contributed by atoms with Crippen molar-refractivity contribution >= 4 is 11.7 Å². The van der Waals surface area contributed by atoms with E-state index in [1.807, 2.05) is 0 Å². The highest BCUT2D eigenvalue weighted by atomic mass is 16.6. The van der Waals surface area contributed by atoms with Crippen molar-refractivity contribution in [2.24, 2.45) is 11.7 Å². The Balaban J connectivity index is 2.95. The number of benzene rings is 1. The number of esters is 1. The standard InChI is InChI=1S/C12H16N2O5/c1-7(2)11(13)12(15)19-9-5-4-8(14(16)17)6-10(9)18-3/h4-7,11H,13H2,1-3H3/t11-/m0/s1. The molecule has 1 rings (SSSR count). The molecule has 0 saturated heterocycles. The summed E-state index contributed by atoms with van der Waals surface area (Å²) in [4.78, 5) is 21.8. The summed E-state index contributed by atoms with van der Waals surface area (Å²) in [7, 11) is 1.33. The number of hydrogen-bond acceptors (Lipinski definition) is 6. The molecule has 1 aromatic carbocycles. The van der Waals surface area contributed by atoms with Crippen LogP contribution in [0.4, 0.5) is 5.69 Å². The minimum Gasteiger partial charge on any atom is -0.493 e. The van der Waals surface area contributed by atoms with E-state index in [0.29, 0.717) is 0 Å². The van der Waals surface area contributed by atoms with E-state index in [2.05, 4.69) is 0 Å². The molecule has 0 heterocycles. The fourth-order valence-corrected chi connectivity index (χ4v) is 1.30. The number of non-ortho nitro benzene ring substituents is 1. The number of methoxy groups -OCH3 is 1. The van der Waals surface area contributed by atoms with Gasteiger partial charge in [0, 0.05) is 6.07 Å². The summed E-state index contributed by atoms with van der Waals surface area (Å²) in [6.45, 7) is 3.58. The van der Waals surface area contributed by atoms with Crippen LogP contribution in [-0.4, -0.2) is 24.0 Å². The van der Waals surface area contributed by atoms with E-state index in [9.17, 15) is 14.9 Å². The number of carbonyl (C=O) groups excluding carboxylic acids is 1. The summed E-state index contributed by atoms with van der Waals surface area (Å²) >= 11 is 0. The van der Waals surface area contributed by atoms with Crippen LogP contribution in [0.5, 0.6) is 11.5 Å². The topological polar surface area (TPSA) is 105 Å². The first-order chi connectivity index (χ1) is 8.86. The van der Waals surface area contributed by atoms with Crippen molar-refractivity contribution in [3.05, 3.63) is 28.3 Å². The van der Waals surface area contributed by atoms with Gasteiger partial charge in [-0.3, -0.25) is 10.1 Å². The monoisotopic (exact) mass is 268 g/mol. The van der Waals surface area contributed by atoms with Gasteiger partial charge in [0.15, 0.2) is 11.5 Å². The molecular weight excluding hydrogens is 252 g/mol. The van der Waals surface area contributed by atoms with Gasteiger partial charge in [-0.15, -0.1) is 0 Å². The number of nitrogens with two attached hydrogens (primary N) is 1. The van der Waals surface area contributed by atoms with E-state index >= 15 is 0 Å². The van der Waals surface area contributed by atoms with Crippen LogP contribution < -0.4 is 15.2 Å². The molecule has 1 atom stereocenters. The smallest absolute Gasteiger partial charge is 0.328 e. The molecule has 104 valence electrons. The van der Waals surface area contributed by atoms with Crippen molar-refractivity contribution in [2.75, 3.05) is 7.11 Å². The number of nitro groups is 1. The Morgan fingerprint density at radius 1 is 1.37 bits per heavy atom. The first kappa shape index (κ1) is 14.9. The lowest BCUT2D eigenvalue weighted by Gasteiger charge is -2.15. The number of rotatable bonds is 5. The fourth-order valence-electron chi connectivity index (χ4n) is 1.30. The maximum Gasteiger partial charge on any atom is 0.328 e. The van der Waals surface area contributed by atoms with Crippen molar-refractivity contribution in [2.45, 2.75) is 19.9 Å². The predicted molar refractivity (Wildman–Crippen MR) is 68.1 cm³/mol. The van der Waals surface area contributed by atoms with E-state index in [-0.39, 0.29) is 23.1 Å². The molecule has 0 unspecified atom stereocenters. The number of hydrogen-bond donors (Lipinski definition) is 1. The van der Waals surface area contributed by atoms with Gasteiger partial charge in [-0.25, -0.2) is 4.79 Å².